The predicted molar refractivity (Wildman–Crippen MR) is 105 cm³/mol. The summed E-state index contributed by atoms with van der Waals surface area (Å²) in [5, 5.41) is 19.9. The maximum atomic E-state index is 8.36. The van der Waals surface area contributed by atoms with Gasteiger partial charge in [0.1, 0.15) is 0 Å². The van der Waals surface area contributed by atoms with Crippen molar-refractivity contribution < 1.29 is 10.3 Å². The number of nitrogens with zero attached hydrogens (tertiary/aromatic N) is 3. The normalized spacial score (nSPS) is 15.0. The highest BCUT2D eigenvalue weighted by molar-refractivity contribution is 5.99. The fourth-order valence-electron chi connectivity index (χ4n) is 2.67. The van der Waals surface area contributed by atoms with Gasteiger partial charge in [-0.15, -0.1) is 10.1 Å². The average molecular weight is 373 g/mol. The molecule has 9 nitrogen and oxygen atoms in total. The van der Waals surface area contributed by atoms with Gasteiger partial charge in [0.25, 0.3) is 5.09 Å². The summed E-state index contributed by atoms with van der Waals surface area (Å²) in [5.74, 6) is 1.18. The molecule has 1 aliphatic heterocycles. The SMILES string of the molecule is CCCCCCCCCCCCNC1=NC(C)(C)N=C(N)N1.O=[N+]([O-])O. The van der Waals surface area contributed by atoms with Crippen LogP contribution in [-0.2, 0) is 0 Å². The van der Waals surface area contributed by atoms with E-state index in [1.54, 1.807) is 0 Å². The van der Waals surface area contributed by atoms with Crippen molar-refractivity contribution in [3.05, 3.63) is 10.1 Å². The third-order valence-electron chi connectivity index (χ3n) is 3.85. The van der Waals surface area contributed by atoms with Gasteiger partial charge in [-0.3, -0.25) is 5.32 Å². The summed E-state index contributed by atoms with van der Waals surface area (Å²) < 4.78 is 0. The smallest absolute Gasteiger partial charge is 0.291 e. The standard InChI is InChI=1S/C17H35N5.HNO3/c1-4-5-6-7-8-9-10-11-12-13-14-19-16-20-15(18)21-17(2,3)22-16;2-1(3)4/h4-14H2,1-3H3,(H4,18,19,20,21,22);(H,2,3,4). The summed E-state index contributed by atoms with van der Waals surface area (Å²) in [6, 6.07) is 0. The Hall–Kier alpha value is -2.06. The van der Waals surface area contributed by atoms with Gasteiger partial charge in [0.05, 0.1) is 0 Å². The van der Waals surface area contributed by atoms with Crippen LogP contribution in [0, 0.1) is 10.1 Å². The molecule has 1 heterocycles. The van der Waals surface area contributed by atoms with E-state index in [0.717, 1.165) is 12.5 Å². The van der Waals surface area contributed by atoms with Gasteiger partial charge in [-0.2, -0.15) is 0 Å². The first-order chi connectivity index (χ1) is 12.3. The monoisotopic (exact) mass is 372 g/mol. The van der Waals surface area contributed by atoms with Crippen molar-refractivity contribution in [2.24, 2.45) is 15.7 Å². The average Bonchev–Trinajstić information content (AvgIpc) is 2.50. The lowest BCUT2D eigenvalue weighted by Gasteiger charge is -2.24. The maximum Gasteiger partial charge on any atom is 0.291 e. The molecule has 9 heteroatoms. The van der Waals surface area contributed by atoms with Gasteiger partial charge in [0.15, 0.2) is 11.6 Å². The number of nitrogens with one attached hydrogen (secondary N) is 2. The Bertz CT molecular complexity index is 448. The topological polar surface area (TPSA) is 138 Å². The second kappa shape index (κ2) is 14.1. The molecule has 0 atom stereocenters. The molecule has 0 saturated carbocycles. The quantitative estimate of drug-likeness (QED) is 0.250. The molecule has 0 aromatic rings. The van der Waals surface area contributed by atoms with Crippen molar-refractivity contribution in [2.45, 2.75) is 90.6 Å². The molecule has 0 saturated heterocycles. The number of aliphatic imine (C=N–C) groups is 2. The molecule has 0 aromatic carbocycles. The van der Waals surface area contributed by atoms with Crippen LogP contribution in [-0.4, -0.2) is 34.4 Å². The Labute approximate surface area is 156 Å². The lowest BCUT2D eigenvalue weighted by Crippen LogP contribution is -2.50. The van der Waals surface area contributed by atoms with E-state index in [2.05, 4.69) is 27.5 Å². The molecule has 1 aliphatic rings. The molecule has 26 heavy (non-hydrogen) atoms. The first-order valence-electron chi connectivity index (χ1n) is 9.56. The van der Waals surface area contributed by atoms with Crippen LogP contribution >= 0.6 is 0 Å². The third kappa shape index (κ3) is 15.5. The lowest BCUT2D eigenvalue weighted by atomic mass is 10.1. The van der Waals surface area contributed by atoms with E-state index >= 15 is 0 Å². The fourth-order valence-corrected chi connectivity index (χ4v) is 2.67. The molecular formula is C17H36N6O3. The first kappa shape index (κ1) is 23.9. The molecular weight excluding hydrogens is 336 g/mol. The van der Waals surface area contributed by atoms with E-state index in [9.17, 15) is 0 Å². The van der Waals surface area contributed by atoms with Crippen molar-refractivity contribution in [1.82, 2.24) is 10.6 Å². The molecule has 0 fully saturated rings. The zero-order chi connectivity index (χ0) is 19.8. The first-order valence-corrected chi connectivity index (χ1v) is 9.56. The Morgan fingerprint density at radius 1 is 1.08 bits per heavy atom. The predicted octanol–water partition coefficient (Wildman–Crippen LogP) is 3.16. The summed E-state index contributed by atoms with van der Waals surface area (Å²) in [4.78, 5) is 17.1. The van der Waals surface area contributed by atoms with Gasteiger partial charge in [-0.25, -0.2) is 9.98 Å². The molecule has 0 spiro atoms. The fraction of sp³-hybridized carbons (Fsp3) is 0.882. The maximum absolute atomic E-state index is 8.36. The molecule has 0 radical (unpaired) electrons. The zero-order valence-electron chi connectivity index (χ0n) is 16.5. The highest BCUT2D eigenvalue weighted by Gasteiger charge is 2.21. The zero-order valence-corrected chi connectivity index (χ0v) is 16.5. The lowest BCUT2D eigenvalue weighted by molar-refractivity contribution is -0.742. The van der Waals surface area contributed by atoms with Crippen LogP contribution in [0.2, 0.25) is 0 Å². The van der Waals surface area contributed by atoms with Crippen LogP contribution in [0.5, 0.6) is 0 Å². The molecule has 0 unspecified atom stereocenters. The van der Waals surface area contributed by atoms with Crippen LogP contribution in [0.1, 0.15) is 85.0 Å². The molecule has 0 aliphatic carbocycles. The summed E-state index contributed by atoms with van der Waals surface area (Å²) in [7, 11) is 0. The second-order valence-electron chi connectivity index (χ2n) is 6.92. The Morgan fingerprint density at radius 3 is 2.00 bits per heavy atom. The number of hydrogen-bond donors (Lipinski definition) is 4. The van der Waals surface area contributed by atoms with Crippen molar-refractivity contribution in [3.8, 4) is 0 Å². The van der Waals surface area contributed by atoms with E-state index in [1.165, 1.54) is 64.2 Å². The summed E-state index contributed by atoms with van der Waals surface area (Å²) >= 11 is 0. The highest BCUT2D eigenvalue weighted by atomic mass is 16.9. The van der Waals surface area contributed by atoms with E-state index in [-0.39, 0.29) is 0 Å². The third-order valence-corrected chi connectivity index (χ3v) is 3.85. The Morgan fingerprint density at radius 2 is 1.54 bits per heavy atom. The second-order valence-corrected chi connectivity index (χ2v) is 6.92. The van der Waals surface area contributed by atoms with E-state index < -0.39 is 10.7 Å². The Balaban J connectivity index is 0.00000141. The van der Waals surface area contributed by atoms with Gasteiger partial charge in [-0.1, -0.05) is 64.7 Å². The molecule has 0 amide bonds. The van der Waals surface area contributed by atoms with E-state index in [4.69, 9.17) is 21.1 Å². The molecule has 5 N–H and O–H groups in total. The van der Waals surface area contributed by atoms with Gasteiger partial charge >= 0.3 is 0 Å². The molecule has 152 valence electrons. The molecule has 0 bridgehead atoms. The summed E-state index contributed by atoms with van der Waals surface area (Å²) in [6.07, 6.45) is 13.5. The minimum atomic E-state index is -1.50. The van der Waals surface area contributed by atoms with Crippen molar-refractivity contribution >= 4 is 11.9 Å². The van der Waals surface area contributed by atoms with Crippen molar-refractivity contribution in [2.75, 3.05) is 6.54 Å². The minimum absolute atomic E-state index is 0.436. The van der Waals surface area contributed by atoms with E-state index in [1.807, 2.05) is 13.8 Å². The highest BCUT2D eigenvalue weighted by Crippen LogP contribution is 2.12. The summed E-state index contributed by atoms with van der Waals surface area (Å²) in [5.41, 5.74) is 5.28. The number of nitrogens with two attached hydrogens (primary N) is 1. The van der Waals surface area contributed by atoms with Gasteiger partial charge < -0.3 is 16.3 Å². The number of hydrogen-bond acceptors (Lipinski definition) is 7. The van der Waals surface area contributed by atoms with Crippen LogP contribution in [0.4, 0.5) is 0 Å². The van der Waals surface area contributed by atoms with Crippen LogP contribution in [0.25, 0.3) is 0 Å². The molecule has 1 rings (SSSR count). The number of unbranched alkanes of at least 4 members (excludes halogenated alkanes) is 9. The number of rotatable bonds is 11. The van der Waals surface area contributed by atoms with Gasteiger partial charge in [0, 0.05) is 6.54 Å². The van der Waals surface area contributed by atoms with Crippen LogP contribution in [0.3, 0.4) is 0 Å². The van der Waals surface area contributed by atoms with E-state index in [0.29, 0.717) is 5.96 Å². The largest absolute Gasteiger partial charge is 0.370 e. The molecule has 0 aromatic heterocycles. The minimum Gasteiger partial charge on any atom is -0.370 e. The van der Waals surface area contributed by atoms with Gasteiger partial charge in [0.2, 0.25) is 5.96 Å². The summed E-state index contributed by atoms with van der Waals surface area (Å²) in [6.45, 7) is 7.10. The van der Waals surface area contributed by atoms with Gasteiger partial charge in [-0.05, 0) is 20.3 Å². The van der Waals surface area contributed by atoms with Crippen molar-refractivity contribution in [3.63, 3.8) is 0 Å². The van der Waals surface area contributed by atoms with Crippen molar-refractivity contribution in [1.29, 1.82) is 0 Å². The number of guanidine groups is 2. The Kier molecular flexibility index (Phi) is 13.0. The van der Waals surface area contributed by atoms with Crippen LogP contribution in [0.15, 0.2) is 9.98 Å². The van der Waals surface area contributed by atoms with Crippen LogP contribution < -0.4 is 16.4 Å².